The maximum Gasteiger partial charge on any atom is 0.223 e. The average Bonchev–Trinajstić information content (AvgIpc) is 2.84. The molecule has 1 aromatic rings. The zero-order valence-corrected chi connectivity index (χ0v) is 12.8. The van der Waals surface area contributed by atoms with Crippen molar-refractivity contribution in [2.45, 2.75) is 46.3 Å². The number of hydrogen-bond donors (Lipinski definition) is 0. The molecule has 1 saturated heterocycles. The van der Waals surface area contributed by atoms with E-state index in [-0.39, 0.29) is 17.4 Å². The molecule has 0 N–H and O–H groups in total. The molecule has 0 aromatic heterocycles. The highest BCUT2D eigenvalue weighted by molar-refractivity contribution is 5.77. The van der Waals surface area contributed by atoms with Crippen LogP contribution in [-0.2, 0) is 16.1 Å². The number of benzene rings is 1. The van der Waals surface area contributed by atoms with Crippen molar-refractivity contribution in [1.82, 2.24) is 4.90 Å². The maximum atomic E-state index is 12.2. The molecule has 0 spiro atoms. The number of likely N-dealkylation sites (tertiary alicyclic amines) is 1. The minimum Gasteiger partial charge on any atom is -0.372 e. The number of amides is 1. The van der Waals surface area contributed by atoms with Crippen LogP contribution in [0.4, 0.5) is 0 Å². The Hall–Kier alpha value is -1.35. The zero-order chi connectivity index (χ0) is 14.6. The minimum atomic E-state index is 0.0556. The predicted octanol–water partition coefficient (Wildman–Crippen LogP) is 3.24. The van der Waals surface area contributed by atoms with Crippen molar-refractivity contribution >= 4 is 5.91 Å². The van der Waals surface area contributed by atoms with E-state index in [0.717, 1.165) is 19.5 Å². The monoisotopic (exact) mass is 275 g/mol. The van der Waals surface area contributed by atoms with Crippen LogP contribution in [0.3, 0.4) is 0 Å². The van der Waals surface area contributed by atoms with Gasteiger partial charge in [-0.05, 0) is 17.4 Å². The van der Waals surface area contributed by atoms with Gasteiger partial charge in [0, 0.05) is 19.5 Å². The lowest BCUT2D eigenvalue weighted by atomic mass is 9.92. The summed E-state index contributed by atoms with van der Waals surface area (Å²) in [5.41, 5.74) is 1.24. The first-order valence-corrected chi connectivity index (χ1v) is 7.37. The molecule has 110 valence electrons. The maximum absolute atomic E-state index is 12.2. The van der Waals surface area contributed by atoms with E-state index in [2.05, 4.69) is 32.9 Å². The third-order valence-corrected chi connectivity index (χ3v) is 3.51. The largest absolute Gasteiger partial charge is 0.372 e. The molecule has 20 heavy (non-hydrogen) atoms. The molecule has 1 atom stereocenters. The first kappa shape index (κ1) is 15.0. The SMILES string of the molecule is CC(C)(C)CC(=O)N1CC[C@@H](OCc2ccccc2)C1. The van der Waals surface area contributed by atoms with Crippen molar-refractivity contribution < 1.29 is 9.53 Å². The summed E-state index contributed by atoms with van der Waals surface area (Å²) in [7, 11) is 0. The van der Waals surface area contributed by atoms with Crippen LogP contribution in [0.25, 0.3) is 0 Å². The smallest absolute Gasteiger partial charge is 0.223 e. The second kappa shape index (κ2) is 6.40. The van der Waals surface area contributed by atoms with Crippen LogP contribution in [-0.4, -0.2) is 30.0 Å². The van der Waals surface area contributed by atoms with Crippen LogP contribution >= 0.6 is 0 Å². The quantitative estimate of drug-likeness (QED) is 0.844. The standard InChI is InChI=1S/C17H25NO2/c1-17(2,3)11-16(19)18-10-9-15(12-18)20-13-14-7-5-4-6-8-14/h4-8,15H,9-13H2,1-3H3/t15-/m1/s1. The van der Waals surface area contributed by atoms with Gasteiger partial charge in [0.25, 0.3) is 0 Å². The third-order valence-electron chi connectivity index (χ3n) is 3.51. The summed E-state index contributed by atoms with van der Waals surface area (Å²) < 4.78 is 5.91. The van der Waals surface area contributed by atoms with Crippen LogP contribution in [0.2, 0.25) is 0 Å². The molecule has 2 rings (SSSR count). The summed E-state index contributed by atoms with van der Waals surface area (Å²) in [6.07, 6.45) is 1.74. The van der Waals surface area contributed by atoms with Gasteiger partial charge in [-0.2, -0.15) is 0 Å². The van der Waals surface area contributed by atoms with Gasteiger partial charge in [-0.15, -0.1) is 0 Å². The van der Waals surface area contributed by atoms with E-state index < -0.39 is 0 Å². The van der Waals surface area contributed by atoms with Gasteiger partial charge in [0.1, 0.15) is 0 Å². The Bertz CT molecular complexity index is 436. The van der Waals surface area contributed by atoms with Crippen LogP contribution in [0.15, 0.2) is 30.3 Å². The summed E-state index contributed by atoms with van der Waals surface area (Å²) >= 11 is 0. The van der Waals surface area contributed by atoms with E-state index in [1.54, 1.807) is 0 Å². The van der Waals surface area contributed by atoms with Crippen LogP contribution in [0.5, 0.6) is 0 Å². The van der Waals surface area contributed by atoms with Gasteiger partial charge in [-0.1, -0.05) is 51.1 Å². The van der Waals surface area contributed by atoms with Crippen molar-refractivity contribution in [3.63, 3.8) is 0 Å². The molecule has 0 aliphatic carbocycles. The summed E-state index contributed by atoms with van der Waals surface area (Å²) in [6.45, 7) is 8.50. The summed E-state index contributed by atoms with van der Waals surface area (Å²) in [5, 5.41) is 0. The zero-order valence-electron chi connectivity index (χ0n) is 12.8. The van der Waals surface area contributed by atoms with Crippen LogP contribution in [0.1, 0.15) is 39.2 Å². The minimum absolute atomic E-state index is 0.0556. The molecule has 1 amide bonds. The van der Waals surface area contributed by atoms with Gasteiger partial charge < -0.3 is 9.64 Å². The molecule has 0 radical (unpaired) electrons. The highest BCUT2D eigenvalue weighted by atomic mass is 16.5. The Labute approximate surface area is 121 Å². The Morgan fingerprint density at radius 1 is 1.30 bits per heavy atom. The fourth-order valence-electron chi connectivity index (χ4n) is 2.44. The van der Waals surface area contributed by atoms with Gasteiger partial charge in [0.05, 0.1) is 12.7 Å². The molecule has 1 aromatic carbocycles. The fourth-order valence-corrected chi connectivity index (χ4v) is 2.44. The van der Waals surface area contributed by atoms with Crippen molar-refractivity contribution in [2.24, 2.45) is 5.41 Å². The van der Waals surface area contributed by atoms with E-state index >= 15 is 0 Å². The number of nitrogens with zero attached hydrogens (tertiary/aromatic N) is 1. The number of ether oxygens (including phenoxy) is 1. The second-order valence-corrected chi connectivity index (χ2v) is 6.78. The number of carbonyl (C=O) groups excluding carboxylic acids is 1. The van der Waals surface area contributed by atoms with Gasteiger partial charge in [0.2, 0.25) is 5.91 Å². The Morgan fingerprint density at radius 3 is 2.65 bits per heavy atom. The summed E-state index contributed by atoms with van der Waals surface area (Å²) in [5.74, 6) is 0.253. The topological polar surface area (TPSA) is 29.5 Å². The second-order valence-electron chi connectivity index (χ2n) is 6.78. The van der Waals surface area contributed by atoms with E-state index in [1.807, 2.05) is 23.1 Å². The molecule has 1 aliphatic heterocycles. The molecule has 0 saturated carbocycles. The lowest BCUT2D eigenvalue weighted by Crippen LogP contribution is -2.32. The molecule has 1 fully saturated rings. The summed E-state index contributed by atoms with van der Waals surface area (Å²) in [6, 6.07) is 10.2. The van der Waals surface area contributed by atoms with Crippen molar-refractivity contribution in [2.75, 3.05) is 13.1 Å². The number of hydrogen-bond acceptors (Lipinski definition) is 2. The molecule has 3 heteroatoms. The van der Waals surface area contributed by atoms with Crippen molar-refractivity contribution in [1.29, 1.82) is 0 Å². The number of rotatable bonds is 4. The van der Waals surface area contributed by atoms with Gasteiger partial charge in [0.15, 0.2) is 0 Å². The Balaban J connectivity index is 1.76. The van der Waals surface area contributed by atoms with Crippen LogP contribution < -0.4 is 0 Å². The van der Waals surface area contributed by atoms with E-state index in [0.29, 0.717) is 13.0 Å². The normalized spacial score (nSPS) is 19.4. The lowest BCUT2D eigenvalue weighted by Gasteiger charge is -2.23. The highest BCUT2D eigenvalue weighted by Gasteiger charge is 2.28. The lowest BCUT2D eigenvalue weighted by molar-refractivity contribution is -0.132. The molecule has 3 nitrogen and oxygen atoms in total. The molecule has 0 unspecified atom stereocenters. The van der Waals surface area contributed by atoms with E-state index in [4.69, 9.17) is 4.74 Å². The van der Waals surface area contributed by atoms with E-state index in [1.165, 1.54) is 5.56 Å². The average molecular weight is 275 g/mol. The molecular formula is C17H25NO2. The van der Waals surface area contributed by atoms with Crippen LogP contribution in [0, 0.1) is 5.41 Å². The van der Waals surface area contributed by atoms with Gasteiger partial charge in [-0.25, -0.2) is 0 Å². The Morgan fingerprint density at radius 2 is 2.00 bits per heavy atom. The Kier molecular flexibility index (Phi) is 4.81. The summed E-state index contributed by atoms with van der Waals surface area (Å²) in [4.78, 5) is 14.1. The van der Waals surface area contributed by atoms with E-state index in [9.17, 15) is 4.79 Å². The molecule has 1 heterocycles. The highest BCUT2D eigenvalue weighted by Crippen LogP contribution is 2.22. The van der Waals surface area contributed by atoms with Gasteiger partial charge >= 0.3 is 0 Å². The number of carbonyl (C=O) groups is 1. The predicted molar refractivity (Wildman–Crippen MR) is 80.3 cm³/mol. The third kappa shape index (κ3) is 4.64. The molecule has 1 aliphatic rings. The molecule has 0 bridgehead atoms. The van der Waals surface area contributed by atoms with Gasteiger partial charge in [-0.3, -0.25) is 4.79 Å². The molecular weight excluding hydrogens is 250 g/mol. The fraction of sp³-hybridized carbons (Fsp3) is 0.588. The first-order chi connectivity index (χ1) is 9.44. The first-order valence-electron chi connectivity index (χ1n) is 7.37. The van der Waals surface area contributed by atoms with Crippen molar-refractivity contribution in [3.8, 4) is 0 Å². The van der Waals surface area contributed by atoms with Crippen molar-refractivity contribution in [3.05, 3.63) is 35.9 Å².